The van der Waals surface area contributed by atoms with Gasteiger partial charge in [0.1, 0.15) is 11.6 Å². The first kappa shape index (κ1) is 21.9. The number of para-hydroxylation sites is 1. The van der Waals surface area contributed by atoms with E-state index in [0.717, 1.165) is 61.5 Å². The number of fused-ring (bicyclic) bond motifs is 1. The molecular formula is C26H32N4O2. The van der Waals surface area contributed by atoms with Crippen molar-refractivity contribution in [1.29, 1.82) is 0 Å². The van der Waals surface area contributed by atoms with Crippen LogP contribution in [0.5, 0.6) is 5.75 Å². The van der Waals surface area contributed by atoms with E-state index in [9.17, 15) is 4.79 Å². The number of methoxy groups -OCH3 is 1. The molecule has 1 amide bonds. The van der Waals surface area contributed by atoms with Crippen molar-refractivity contribution in [3.63, 3.8) is 0 Å². The second-order valence-electron chi connectivity index (χ2n) is 8.38. The second kappa shape index (κ2) is 9.90. The Kier molecular flexibility index (Phi) is 6.78. The number of nitrogens with one attached hydrogen (secondary N) is 1. The fourth-order valence-electron chi connectivity index (χ4n) is 4.30. The molecule has 0 radical (unpaired) electrons. The molecule has 0 saturated carbocycles. The third-order valence-electron chi connectivity index (χ3n) is 6.09. The summed E-state index contributed by atoms with van der Waals surface area (Å²) in [5.41, 5.74) is 2.75. The van der Waals surface area contributed by atoms with Crippen molar-refractivity contribution in [2.75, 3.05) is 43.1 Å². The van der Waals surface area contributed by atoms with Crippen LogP contribution in [0, 0.1) is 0 Å². The lowest BCUT2D eigenvalue weighted by molar-refractivity contribution is 0.0940. The molecule has 0 aliphatic carbocycles. The lowest BCUT2D eigenvalue weighted by atomic mass is 10.1. The molecule has 1 aromatic heterocycles. The van der Waals surface area contributed by atoms with Crippen LogP contribution in [0.25, 0.3) is 10.9 Å². The molecule has 3 aromatic rings. The summed E-state index contributed by atoms with van der Waals surface area (Å²) in [4.78, 5) is 22.6. The van der Waals surface area contributed by atoms with Crippen molar-refractivity contribution in [2.45, 2.75) is 32.7 Å². The van der Waals surface area contributed by atoms with Crippen LogP contribution < -0.4 is 19.9 Å². The minimum Gasteiger partial charge on any atom is -0.497 e. The molecule has 2 heterocycles. The lowest BCUT2D eigenvalue weighted by Crippen LogP contribution is -2.47. The SMILES string of the molecule is CCC[C@H](C)NC(=O)c1cc(N2CCN(c3ccc(OC)cc3)CC2)nc2ccccc12. The van der Waals surface area contributed by atoms with Gasteiger partial charge in [0.05, 0.1) is 18.2 Å². The predicted molar refractivity (Wildman–Crippen MR) is 131 cm³/mol. The largest absolute Gasteiger partial charge is 0.497 e. The van der Waals surface area contributed by atoms with Gasteiger partial charge in [0.15, 0.2) is 0 Å². The molecule has 32 heavy (non-hydrogen) atoms. The van der Waals surface area contributed by atoms with Gasteiger partial charge in [-0.25, -0.2) is 4.98 Å². The summed E-state index contributed by atoms with van der Waals surface area (Å²) < 4.78 is 5.27. The molecule has 1 aliphatic rings. The molecule has 1 atom stereocenters. The number of hydrogen-bond donors (Lipinski definition) is 1. The zero-order chi connectivity index (χ0) is 22.5. The summed E-state index contributed by atoms with van der Waals surface area (Å²) in [5.74, 6) is 1.71. The van der Waals surface area contributed by atoms with Crippen molar-refractivity contribution in [3.05, 3.63) is 60.2 Å². The number of anilines is 2. The zero-order valence-electron chi connectivity index (χ0n) is 19.2. The van der Waals surface area contributed by atoms with Gasteiger partial charge in [0.25, 0.3) is 5.91 Å². The molecular weight excluding hydrogens is 400 g/mol. The van der Waals surface area contributed by atoms with Gasteiger partial charge >= 0.3 is 0 Å². The maximum Gasteiger partial charge on any atom is 0.252 e. The molecule has 4 rings (SSSR count). The summed E-state index contributed by atoms with van der Waals surface area (Å²) in [6.07, 6.45) is 2.01. The molecule has 1 N–H and O–H groups in total. The maximum absolute atomic E-state index is 13.1. The lowest BCUT2D eigenvalue weighted by Gasteiger charge is -2.37. The second-order valence-corrected chi connectivity index (χ2v) is 8.38. The Hall–Kier alpha value is -3.28. The zero-order valence-corrected chi connectivity index (χ0v) is 19.2. The average Bonchev–Trinajstić information content (AvgIpc) is 2.83. The number of hydrogen-bond acceptors (Lipinski definition) is 5. The number of piperazine rings is 1. The van der Waals surface area contributed by atoms with Crippen molar-refractivity contribution in [2.24, 2.45) is 0 Å². The molecule has 1 saturated heterocycles. The van der Waals surface area contributed by atoms with E-state index in [4.69, 9.17) is 9.72 Å². The first-order chi connectivity index (χ1) is 15.6. The fraction of sp³-hybridized carbons (Fsp3) is 0.385. The maximum atomic E-state index is 13.1. The Morgan fingerprint density at radius 1 is 1.06 bits per heavy atom. The quantitative estimate of drug-likeness (QED) is 0.596. The fourth-order valence-corrected chi connectivity index (χ4v) is 4.30. The highest BCUT2D eigenvalue weighted by Gasteiger charge is 2.21. The van der Waals surface area contributed by atoms with E-state index in [1.54, 1.807) is 7.11 Å². The number of pyridine rings is 1. The molecule has 0 bridgehead atoms. The van der Waals surface area contributed by atoms with Crippen molar-refractivity contribution >= 4 is 28.3 Å². The number of benzene rings is 2. The number of carbonyl (C=O) groups is 1. The topological polar surface area (TPSA) is 57.7 Å². The third-order valence-corrected chi connectivity index (χ3v) is 6.09. The summed E-state index contributed by atoms with van der Waals surface area (Å²) in [6, 6.07) is 18.2. The van der Waals surface area contributed by atoms with Crippen molar-refractivity contribution in [3.8, 4) is 5.75 Å². The van der Waals surface area contributed by atoms with Gasteiger partial charge in [-0.2, -0.15) is 0 Å². The Balaban J connectivity index is 1.53. The summed E-state index contributed by atoms with van der Waals surface area (Å²) >= 11 is 0. The Morgan fingerprint density at radius 3 is 2.44 bits per heavy atom. The highest BCUT2D eigenvalue weighted by atomic mass is 16.5. The summed E-state index contributed by atoms with van der Waals surface area (Å²) in [6.45, 7) is 7.69. The predicted octanol–water partition coefficient (Wildman–Crippen LogP) is 4.49. The summed E-state index contributed by atoms with van der Waals surface area (Å²) in [7, 11) is 1.68. The van der Waals surface area contributed by atoms with Crippen LogP contribution in [-0.4, -0.2) is 50.2 Å². The number of ether oxygens (including phenoxy) is 1. The van der Waals surface area contributed by atoms with Crippen LogP contribution in [0.15, 0.2) is 54.6 Å². The first-order valence-electron chi connectivity index (χ1n) is 11.4. The monoisotopic (exact) mass is 432 g/mol. The Labute approximate surface area is 190 Å². The highest BCUT2D eigenvalue weighted by molar-refractivity contribution is 6.07. The van der Waals surface area contributed by atoms with Crippen LogP contribution in [0.1, 0.15) is 37.0 Å². The van der Waals surface area contributed by atoms with Crippen LogP contribution in [0.3, 0.4) is 0 Å². The number of aromatic nitrogens is 1. The molecule has 0 spiro atoms. The molecule has 6 heteroatoms. The van der Waals surface area contributed by atoms with Gasteiger partial charge in [0, 0.05) is 43.3 Å². The van der Waals surface area contributed by atoms with E-state index >= 15 is 0 Å². The van der Waals surface area contributed by atoms with Gasteiger partial charge < -0.3 is 19.9 Å². The van der Waals surface area contributed by atoms with E-state index in [2.05, 4.69) is 41.1 Å². The molecule has 0 unspecified atom stereocenters. The molecule has 1 fully saturated rings. The van der Waals surface area contributed by atoms with E-state index in [1.165, 1.54) is 5.69 Å². The molecule has 1 aliphatic heterocycles. The van der Waals surface area contributed by atoms with E-state index < -0.39 is 0 Å². The molecule has 6 nitrogen and oxygen atoms in total. The average molecular weight is 433 g/mol. The first-order valence-corrected chi connectivity index (χ1v) is 11.4. The van der Waals surface area contributed by atoms with Crippen LogP contribution in [0.2, 0.25) is 0 Å². The highest BCUT2D eigenvalue weighted by Crippen LogP contribution is 2.26. The van der Waals surface area contributed by atoms with E-state index in [-0.39, 0.29) is 11.9 Å². The molecule has 168 valence electrons. The van der Waals surface area contributed by atoms with Gasteiger partial charge in [-0.1, -0.05) is 31.5 Å². The number of amides is 1. The van der Waals surface area contributed by atoms with Crippen LogP contribution >= 0.6 is 0 Å². The Bertz CT molecular complexity index is 1060. The third kappa shape index (κ3) is 4.79. The number of nitrogens with zero attached hydrogens (tertiary/aromatic N) is 3. The van der Waals surface area contributed by atoms with Gasteiger partial charge in [0.2, 0.25) is 0 Å². The number of rotatable bonds is 7. The van der Waals surface area contributed by atoms with Gasteiger partial charge in [-0.15, -0.1) is 0 Å². The normalized spacial score (nSPS) is 15.0. The van der Waals surface area contributed by atoms with Crippen LogP contribution in [0.4, 0.5) is 11.5 Å². The van der Waals surface area contributed by atoms with Crippen molar-refractivity contribution in [1.82, 2.24) is 10.3 Å². The van der Waals surface area contributed by atoms with Crippen molar-refractivity contribution < 1.29 is 9.53 Å². The number of carbonyl (C=O) groups excluding carboxylic acids is 1. The van der Waals surface area contributed by atoms with Gasteiger partial charge in [-0.3, -0.25) is 4.79 Å². The van der Waals surface area contributed by atoms with Gasteiger partial charge in [-0.05, 0) is 49.7 Å². The standard InChI is InChI=1S/C26H32N4O2/c1-4-7-19(2)27-26(31)23-18-25(28-24-9-6-5-8-22(23)24)30-16-14-29(15-17-30)20-10-12-21(32-3)13-11-20/h5-6,8-13,18-19H,4,7,14-17H2,1-3H3,(H,27,31)/t19-/m0/s1. The molecule has 2 aromatic carbocycles. The van der Waals surface area contributed by atoms with Crippen LogP contribution in [-0.2, 0) is 0 Å². The minimum absolute atomic E-state index is 0.0253. The van der Waals surface area contributed by atoms with E-state index in [1.807, 2.05) is 42.5 Å². The Morgan fingerprint density at radius 2 is 1.75 bits per heavy atom. The minimum atomic E-state index is -0.0253. The summed E-state index contributed by atoms with van der Waals surface area (Å²) in [5, 5.41) is 4.05. The smallest absolute Gasteiger partial charge is 0.252 e. The van der Waals surface area contributed by atoms with E-state index in [0.29, 0.717) is 5.56 Å².